The molecule has 6 nitrogen and oxygen atoms in total. The minimum Gasteiger partial charge on any atom is -0.443 e. The predicted octanol–water partition coefficient (Wildman–Crippen LogP) is -0.330. The Bertz CT molecular complexity index is 306. The molecule has 0 aromatic carbocycles. The third-order valence-corrected chi connectivity index (χ3v) is 3.30. The van der Waals surface area contributed by atoms with E-state index in [-0.39, 0.29) is 13.7 Å². The summed E-state index contributed by atoms with van der Waals surface area (Å²) in [5.41, 5.74) is 0. The van der Waals surface area contributed by atoms with Crippen LogP contribution in [0.2, 0.25) is 0 Å². The molecule has 1 fully saturated rings. The van der Waals surface area contributed by atoms with Crippen LogP contribution in [0.3, 0.4) is 0 Å². The second-order valence-corrected chi connectivity index (χ2v) is 5.00. The first kappa shape index (κ1) is 11.3. The molecule has 1 heterocycles. The highest BCUT2D eigenvalue weighted by Gasteiger charge is 2.23. The topological polar surface area (TPSA) is 84.5 Å². The fraction of sp³-hybridized carbons (Fsp3) is 0.857. The van der Waals surface area contributed by atoms with E-state index in [2.05, 4.69) is 10.0 Å². The molecule has 0 bridgehead atoms. The van der Waals surface area contributed by atoms with Crippen molar-refractivity contribution in [2.24, 2.45) is 0 Å². The van der Waals surface area contributed by atoms with Crippen molar-refractivity contribution in [1.29, 1.82) is 0 Å². The molecule has 0 spiro atoms. The van der Waals surface area contributed by atoms with E-state index >= 15 is 0 Å². The van der Waals surface area contributed by atoms with E-state index in [9.17, 15) is 13.2 Å². The molecule has 0 aromatic rings. The molecule has 7 heteroatoms. The number of amides is 1. The monoisotopic (exact) mass is 224 g/mol. The maximum absolute atomic E-state index is 11.2. The van der Waals surface area contributed by atoms with Gasteiger partial charge in [-0.3, -0.25) is 0 Å². The van der Waals surface area contributed by atoms with E-state index in [0.717, 1.165) is 0 Å². The minimum atomic E-state index is -3.21. The van der Waals surface area contributed by atoms with Crippen LogP contribution >= 0.6 is 0 Å². The standard InChI is InChI=1S/C7H14N2O4S.H2/c1-2-3-14(11,12)9-5-6-4-8-7(10)13-6;/h6,9H,2-5H2,1H3,(H,8,10);1H/t6-;/m1./s1. The summed E-state index contributed by atoms with van der Waals surface area (Å²) in [6.07, 6.45) is -0.322. The number of cyclic esters (lactones) is 1. The fourth-order valence-corrected chi connectivity index (χ4v) is 2.23. The summed E-state index contributed by atoms with van der Waals surface area (Å²) in [7, 11) is -3.21. The summed E-state index contributed by atoms with van der Waals surface area (Å²) < 4.78 is 29.5. The van der Waals surface area contributed by atoms with Crippen LogP contribution in [0.4, 0.5) is 4.79 Å². The van der Waals surface area contributed by atoms with Gasteiger partial charge in [-0.2, -0.15) is 0 Å². The van der Waals surface area contributed by atoms with Crippen molar-refractivity contribution in [2.45, 2.75) is 19.4 Å². The Balaban J connectivity index is 0.00000196. The van der Waals surface area contributed by atoms with Crippen molar-refractivity contribution in [2.75, 3.05) is 18.8 Å². The lowest BCUT2D eigenvalue weighted by Gasteiger charge is -2.09. The highest BCUT2D eigenvalue weighted by molar-refractivity contribution is 7.89. The van der Waals surface area contributed by atoms with E-state index in [1.54, 1.807) is 6.92 Å². The van der Waals surface area contributed by atoms with Crippen molar-refractivity contribution >= 4 is 16.1 Å². The Morgan fingerprint density at radius 1 is 1.71 bits per heavy atom. The molecule has 0 aliphatic carbocycles. The number of hydrogen-bond donors (Lipinski definition) is 2. The summed E-state index contributed by atoms with van der Waals surface area (Å²) in [4.78, 5) is 10.6. The van der Waals surface area contributed by atoms with Crippen molar-refractivity contribution < 1.29 is 19.4 Å². The summed E-state index contributed by atoms with van der Waals surface area (Å²) in [5, 5.41) is 2.44. The van der Waals surface area contributed by atoms with Crippen LogP contribution in [0.5, 0.6) is 0 Å². The van der Waals surface area contributed by atoms with E-state index in [1.165, 1.54) is 0 Å². The van der Waals surface area contributed by atoms with Crippen molar-refractivity contribution in [3.05, 3.63) is 0 Å². The van der Waals surface area contributed by atoms with Crippen LogP contribution in [0, 0.1) is 0 Å². The molecule has 1 aliphatic rings. The van der Waals surface area contributed by atoms with Crippen LogP contribution < -0.4 is 10.0 Å². The lowest BCUT2D eigenvalue weighted by molar-refractivity contribution is 0.142. The highest BCUT2D eigenvalue weighted by atomic mass is 32.2. The molecule has 0 aromatic heterocycles. The zero-order valence-corrected chi connectivity index (χ0v) is 8.76. The molecule has 0 unspecified atom stereocenters. The minimum absolute atomic E-state index is 0. The van der Waals surface area contributed by atoms with Gasteiger partial charge in [-0.15, -0.1) is 0 Å². The largest absolute Gasteiger partial charge is 0.443 e. The molecular weight excluding hydrogens is 208 g/mol. The average molecular weight is 224 g/mol. The molecular formula is C7H16N2O4S. The second-order valence-electron chi connectivity index (χ2n) is 3.08. The Labute approximate surface area is 84.5 Å². The molecule has 0 radical (unpaired) electrons. The molecule has 0 saturated carbocycles. The lowest BCUT2D eigenvalue weighted by atomic mass is 10.4. The predicted molar refractivity (Wildman–Crippen MR) is 52.5 cm³/mol. The first-order valence-corrected chi connectivity index (χ1v) is 6.10. The van der Waals surface area contributed by atoms with Gasteiger partial charge in [-0.05, 0) is 6.42 Å². The van der Waals surface area contributed by atoms with Crippen molar-refractivity contribution in [3.63, 3.8) is 0 Å². The lowest BCUT2D eigenvalue weighted by Crippen LogP contribution is -2.35. The molecule has 1 saturated heterocycles. The number of ether oxygens (including phenoxy) is 1. The maximum Gasteiger partial charge on any atom is 0.407 e. The highest BCUT2D eigenvalue weighted by Crippen LogP contribution is 1.99. The summed E-state index contributed by atoms with van der Waals surface area (Å²) in [5.74, 6) is 0.0983. The Morgan fingerprint density at radius 2 is 2.43 bits per heavy atom. The first-order chi connectivity index (χ1) is 6.53. The maximum atomic E-state index is 11.2. The van der Waals surface area contributed by atoms with Gasteiger partial charge in [0.1, 0.15) is 6.10 Å². The SMILES string of the molecule is CCCS(=O)(=O)NC[C@H]1CNC(=O)O1.[HH]. The number of rotatable bonds is 5. The first-order valence-electron chi connectivity index (χ1n) is 4.45. The van der Waals surface area contributed by atoms with Gasteiger partial charge in [0.15, 0.2) is 0 Å². The average Bonchev–Trinajstić information content (AvgIpc) is 2.48. The van der Waals surface area contributed by atoms with Gasteiger partial charge < -0.3 is 10.1 Å². The third-order valence-electron chi connectivity index (χ3n) is 1.75. The van der Waals surface area contributed by atoms with Gasteiger partial charge in [-0.25, -0.2) is 17.9 Å². The normalized spacial score (nSPS) is 21.8. The summed E-state index contributed by atoms with van der Waals surface area (Å²) >= 11 is 0. The second kappa shape index (κ2) is 4.61. The van der Waals surface area contributed by atoms with Gasteiger partial charge in [0.05, 0.1) is 12.3 Å². The van der Waals surface area contributed by atoms with E-state index in [1.807, 2.05) is 0 Å². The van der Waals surface area contributed by atoms with E-state index < -0.39 is 22.2 Å². The Morgan fingerprint density at radius 3 is 2.93 bits per heavy atom. The van der Waals surface area contributed by atoms with Gasteiger partial charge in [-0.1, -0.05) is 6.92 Å². The van der Waals surface area contributed by atoms with Gasteiger partial charge in [0, 0.05) is 7.97 Å². The summed E-state index contributed by atoms with van der Waals surface area (Å²) in [6, 6.07) is 0. The Kier molecular flexibility index (Phi) is 3.70. The number of hydrogen-bond acceptors (Lipinski definition) is 4. The molecule has 1 rings (SSSR count). The van der Waals surface area contributed by atoms with Crippen LogP contribution in [0.15, 0.2) is 0 Å². The molecule has 84 valence electrons. The van der Waals surface area contributed by atoms with E-state index in [0.29, 0.717) is 13.0 Å². The van der Waals surface area contributed by atoms with Crippen molar-refractivity contribution in [3.8, 4) is 0 Å². The fourth-order valence-electron chi connectivity index (χ4n) is 1.11. The van der Waals surface area contributed by atoms with Gasteiger partial charge in [0.25, 0.3) is 0 Å². The van der Waals surface area contributed by atoms with Crippen LogP contribution in [0.25, 0.3) is 0 Å². The van der Waals surface area contributed by atoms with Gasteiger partial charge >= 0.3 is 6.09 Å². The van der Waals surface area contributed by atoms with E-state index in [4.69, 9.17) is 4.74 Å². The number of carbonyl (C=O) groups is 1. The smallest absolute Gasteiger partial charge is 0.407 e. The number of alkyl carbamates (subject to hydrolysis) is 1. The van der Waals surface area contributed by atoms with Gasteiger partial charge in [0.2, 0.25) is 10.0 Å². The quantitative estimate of drug-likeness (QED) is 0.669. The van der Waals surface area contributed by atoms with Crippen LogP contribution in [-0.4, -0.2) is 39.5 Å². The number of carbonyl (C=O) groups excluding carboxylic acids is 1. The van der Waals surface area contributed by atoms with Crippen molar-refractivity contribution in [1.82, 2.24) is 10.0 Å². The molecule has 1 atom stereocenters. The number of sulfonamides is 1. The molecule has 14 heavy (non-hydrogen) atoms. The summed E-state index contributed by atoms with van der Waals surface area (Å²) in [6.45, 7) is 2.28. The molecule has 1 amide bonds. The zero-order chi connectivity index (χ0) is 10.6. The van der Waals surface area contributed by atoms with Crippen LogP contribution in [0.1, 0.15) is 14.8 Å². The third kappa shape index (κ3) is 3.51. The zero-order valence-electron chi connectivity index (χ0n) is 7.95. The Hall–Kier alpha value is -0.820. The number of nitrogens with one attached hydrogen (secondary N) is 2. The molecule has 2 N–H and O–H groups in total. The van der Waals surface area contributed by atoms with Crippen LogP contribution in [-0.2, 0) is 14.8 Å². The molecule has 1 aliphatic heterocycles.